The van der Waals surface area contributed by atoms with E-state index in [4.69, 9.17) is 10.5 Å². The Labute approximate surface area is 95.0 Å². The van der Waals surface area contributed by atoms with E-state index in [0.717, 1.165) is 43.8 Å². The SMILES string of the molecule is Nc1cc(N2CCOCC2)ccc1CC=O. The molecule has 0 atom stereocenters. The lowest BCUT2D eigenvalue weighted by Crippen LogP contribution is -2.36. The zero-order valence-electron chi connectivity index (χ0n) is 9.19. The molecule has 1 aliphatic rings. The molecule has 0 aliphatic carbocycles. The predicted molar refractivity (Wildman–Crippen MR) is 63.7 cm³/mol. The molecule has 0 spiro atoms. The molecule has 1 fully saturated rings. The Bertz CT molecular complexity index is 373. The summed E-state index contributed by atoms with van der Waals surface area (Å²) in [6.07, 6.45) is 1.26. The standard InChI is InChI=1S/C12H16N2O2/c13-12-9-11(2-1-10(12)3-6-15)14-4-7-16-8-5-14/h1-2,6,9H,3-5,7-8,13H2. The van der Waals surface area contributed by atoms with Crippen LogP contribution in [0.2, 0.25) is 0 Å². The van der Waals surface area contributed by atoms with E-state index in [9.17, 15) is 4.79 Å². The molecule has 4 nitrogen and oxygen atoms in total. The van der Waals surface area contributed by atoms with Gasteiger partial charge in [-0.25, -0.2) is 0 Å². The number of nitrogen functional groups attached to an aromatic ring is 1. The third-order valence-electron chi connectivity index (χ3n) is 2.81. The van der Waals surface area contributed by atoms with Crippen LogP contribution in [0.25, 0.3) is 0 Å². The van der Waals surface area contributed by atoms with Crippen LogP contribution in [0.5, 0.6) is 0 Å². The summed E-state index contributed by atoms with van der Waals surface area (Å²) in [5, 5.41) is 0. The maximum Gasteiger partial charge on any atom is 0.124 e. The van der Waals surface area contributed by atoms with Gasteiger partial charge < -0.3 is 20.2 Å². The Kier molecular flexibility index (Phi) is 3.41. The van der Waals surface area contributed by atoms with Gasteiger partial charge in [0.25, 0.3) is 0 Å². The van der Waals surface area contributed by atoms with Gasteiger partial charge in [-0.3, -0.25) is 0 Å². The molecule has 2 rings (SSSR count). The molecule has 1 aromatic rings. The van der Waals surface area contributed by atoms with Crippen molar-refractivity contribution in [2.24, 2.45) is 0 Å². The summed E-state index contributed by atoms with van der Waals surface area (Å²) in [6.45, 7) is 3.31. The summed E-state index contributed by atoms with van der Waals surface area (Å²) in [5.74, 6) is 0. The van der Waals surface area contributed by atoms with Gasteiger partial charge in [0.2, 0.25) is 0 Å². The number of carbonyl (C=O) groups is 1. The van der Waals surface area contributed by atoms with Crippen LogP contribution >= 0.6 is 0 Å². The molecular formula is C12H16N2O2. The Hall–Kier alpha value is -1.55. The zero-order valence-corrected chi connectivity index (χ0v) is 9.19. The molecule has 16 heavy (non-hydrogen) atoms. The van der Waals surface area contributed by atoms with Crippen molar-refractivity contribution in [3.8, 4) is 0 Å². The number of aldehydes is 1. The summed E-state index contributed by atoms with van der Waals surface area (Å²) < 4.78 is 5.29. The fourth-order valence-corrected chi connectivity index (χ4v) is 1.88. The first kappa shape index (κ1) is 11.0. The number of nitrogens with two attached hydrogens (primary N) is 1. The second-order valence-corrected chi connectivity index (χ2v) is 3.85. The molecule has 4 heteroatoms. The van der Waals surface area contributed by atoms with Crippen LogP contribution in [0.1, 0.15) is 5.56 Å². The van der Waals surface area contributed by atoms with Crippen LogP contribution in [0.15, 0.2) is 18.2 Å². The molecule has 1 aromatic carbocycles. The highest BCUT2D eigenvalue weighted by atomic mass is 16.5. The summed E-state index contributed by atoms with van der Waals surface area (Å²) >= 11 is 0. The molecule has 0 amide bonds. The molecule has 2 N–H and O–H groups in total. The van der Waals surface area contributed by atoms with Gasteiger partial charge in [-0.2, -0.15) is 0 Å². The lowest BCUT2D eigenvalue weighted by atomic mass is 10.1. The van der Waals surface area contributed by atoms with E-state index in [1.54, 1.807) is 0 Å². The van der Waals surface area contributed by atoms with E-state index in [0.29, 0.717) is 12.1 Å². The summed E-state index contributed by atoms with van der Waals surface area (Å²) in [4.78, 5) is 12.7. The third kappa shape index (κ3) is 2.33. The first-order valence-corrected chi connectivity index (χ1v) is 5.46. The van der Waals surface area contributed by atoms with Crippen molar-refractivity contribution < 1.29 is 9.53 Å². The first-order valence-electron chi connectivity index (χ1n) is 5.46. The fourth-order valence-electron chi connectivity index (χ4n) is 1.88. The minimum atomic E-state index is 0.384. The highest BCUT2D eigenvalue weighted by Gasteiger charge is 2.11. The van der Waals surface area contributed by atoms with E-state index in [1.807, 2.05) is 18.2 Å². The molecule has 1 aliphatic heterocycles. The molecule has 1 saturated heterocycles. The maximum absolute atomic E-state index is 10.4. The van der Waals surface area contributed by atoms with Crippen LogP contribution in [0.3, 0.4) is 0 Å². The predicted octanol–water partition coefficient (Wildman–Crippen LogP) is 0.847. The molecule has 0 bridgehead atoms. The largest absolute Gasteiger partial charge is 0.398 e. The van der Waals surface area contributed by atoms with E-state index >= 15 is 0 Å². The van der Waals surface area contributed by atoms with Gasteiger partial charge in [-0.1, -0.05) is 6.07 Å². The minimum Gasteiger partial charge on any atom is -0.398 e. The average molecular weight is 220 g/mol. The molecule has 0 aromatic heterocycles. The quantitative estimate of drug-likeness (QED) is 0.606. The van der Waals surface area contributed by atoms with Crippen molar-refractivity contribution in [2.45, 2.75) is 6.42 Å². The number of morpholine rings is 1. The Morgan fingerprint density at radius 1 is 1.38 bits per heavy atom. The molecule has 0 radical (unpaired) electrons. The van der Waals surface area contributed by atoms with Crippen LogP contribution < -0.4 is 10.6 Å². The number of rotatable bonds is 3. The number of hydrogen-bond acceptors (Lipinski definition) is 4. The smallest absolute Gasteiger partial charge is 0.124 e. The van der Waals surface area contributed by atoms with Gasteiger partial charge in [-0.15, -0.1) is 0 Å². The number of benzene rings is 1. The maximum atomic E-state index is 10.4. The fraction of sp³-hybridized carbons (Fsp3) is 0.417. The first-order chi connectivity index (χ1) is 7.81. The Morgan fingerprint density at radius 3 is 2.75 bits per heavy atom. The second-order valence-electron chi connectivity index (χ2n) is 3.85. The van der Waals surface area contributed by atoms with Crippen molar-refractivity contribution >= 4 is 17.7 Å². The second kappa shape index (κ2) is 4.99. The summed E-state index contributed by atoms with van der Waals surface area (Å²) in [7, 11) is 0. The number of carbonyl (C=O) groups excluding carboxylic acids is 1. The van der Waals surface area contributed by atoms with E-state index in [-0.39, 0.29) is 0 Å². The Balaban J connectivity index is 2.16. The molecule has 86 valence electrons. The lowest BCUT2D eigenvalue weighted by molar-refractivity contribution is -0.107. The van der Waals surface area contributed by atoms with Crippen LogP contribution in [0, 0.1) is 0 Å². The minimum absolute atomic E-state index is 0.384. The van der Waals surface area contributed by atoms with Gasteiger partial charge in [-0.05, 0) is 17.7 Å². The monoisotopic (exact) mass is 220 g/mol. The summed E-state index contributed by atoms with van der Waals surface area (Å²) in [5.41, 5.74) is 8.59. The van der Waals surface area contributed by atoms with Crippen molar-refractivity contribution in [1.29, 1.82) is 0 Å². The van der Waals surface area contributed by atoms with Crippen molar-refractivity contribution in [2.75, 3.05) is 36.9 Å². The number of anilines is 2. The van der Waals surface area contributed by atoms with Gasteiger partial charge >= 0.3 is 0 Å². The number of hydrogen-bond donors (Lipinski definition) is 1. The van der Waals surface area contributed by atoms with Crippen LogP contribution in [-0.2, 0) is 16.0 Å². The van der Waals surface area contributed by atoms with E-state index < -0.39 is 0 Å². The van der Waals surface area contributed by atoms with Gasteiger partial charge in [0, 0.05) is 30.9 Å². The molecule has 0 saturated carbocycles. The van der Waals surface area contributed by atoms with E-state index in [1.165, 1.54) is 0 Å². The van der Waals surface area contributed by atoms with Gasteiger partial charge in [0.15, 0.2) is 0 Å². The van der Waals surface area contributed by atoms with Crippen molar-refractivity contribution in [1.82, 2.24) is 0 Å². The van der Waals surface area contributed by atoms with Crippen LogP contribution in [0.4, 0.5) is 11.4 Å². The lowest BCUT2D eigenvalue weighted by Gasteiger charge is -2.29. The Morgan fingerprint density at radius 2 is 2.12 bits per heavy atom. The normalized spacial score (nSPS) is 16.1. The van der Waals surface area contributed by atoms with Crippen molar-refractivity contribution in [3.63, 3.8) is 0 Å². The van der Waals surface area contributed by atoms with E-state index in [2.05, 4.69) is 4.90 Å². The molecule has 1 heterocycles. The number of ether oxygens (including phenoxy) is 1. The van der Waals surface area contributed by atoms with Gasteiger partial charge in [0.05, 0.1) is 13.2 Å². The van der Waals surface area contributed by atoms with Crippen molar-refractivity contribution in [3.05, 3.63) is 23.8 Å². The summed E-state index contributed by atoms with van der Waals surface area (Å²) in [6, 6.07) is 5.87. The molecular weight excluding hydrogens is 204 g/mol. The molecule has 0 unspecified atom stereocenters. The van der Waals surface area contributed by atoms with Gasteiger partial charge in [0.1, 0.15) is 6.29 Å². The highest BCUT2D eigenvalue weighted by Crippen LogP contribution is 2.22. The number of nitrogens with zero attached hydrogens (tertiary/aromatic N) is 1. The van der Waals surface area contributed by atoms with Crippen LogP contribution in [-0.4, -0.2) is 32.6 Å². The third-order valence-corrected chi connectivity index (χ3v) is 2.81. The average Bonchev–Trinajstić information content (AvgIpc) is 2.33. The highest BCUT2D eigenvalue weighted by molar-refractivity contribution is 5.66. The topological polar surface area (TPSA) is 55.6 Å². The zero-order chi connectivity index (χ0) is 11.4.